The highest BCUT2D eigenvalue weighted by Gasteiger charge is 2.14. The molecule has 5 heteroatoms. The van der Waals surface area contributed by atoms with Crippen LogP contribution in [-0.2, 0) is 4.79 Å². The smallest absolute Gasteiger partial charge is 0.328 e. The van der Waals surface area contributed by atoms with E-state index in [-0.39, 0.29) is 0 Å². The van der Waals surface area contributed by atoms with E-state index in [1.54, 1.807) is 0 Å². The molecule has 5 nitrogen and oxygen atoms in total. The van der Waals surface area contributed by atoms with Crippen LogP contribution in [-0.4, -0.2) is 29.3 Å². The average Bonchev–Trinajstić information content (AvgIpc) is 2.39. The predicted molar refractivity (Wildman–Crippen MR) is 77.1 cm³/mol. The van der Waals surface area contributed by atoms with E-state index >= 15 is 0 Å². The minimum absolute atomic E-state index is 0.381. The molecule has 1 atom stereocenters. The van der Waals surface area contributed by atoms with Gasteiger partial charge < -0.3 is 10.4 Å². The summed E-state index contributed by atoms with van der Waals surface area (Å²) in [4.78, 5) is 18.6. The summed E-state index contributed by atoms with van der Waals surface area (Å²) < 4.78 is 0. The molecule has 1 unspecified atom stereocenters. The third-order valence-corrected chi connectivity index (χ3v) is 1.73. The minimum Gasteiger partial charge on any atom is -0.480 e. The summed E-state index contributed by atoms with van der Waals surface area (Å²) in [5.74, 6) is -0.560. The highest BCUT2D eigenvalue weighted by atomic mass is 16.4. The van der Waals surface area contributed by atoms with Crippen molar-refractivity contribution in [1.29, 1.82) is 0 Å². The van der Waals surface area contributed by atoms with E-state index in [1.165, 1.54) is 18.6 Å². The Hall–Kier alpha value is -1.91. The van der Waals surface area contributed by atoms with E-state index in [4.69, 9.17) is 5.11 Å². The molecule has 0 rings (SSSR count). The van der Waals surface area contributed by atoms with Crippen molar-refractivity contribution < 1.29 is 9.90 Å². The number of rotatable bonds is 7. The first-order valence-electron chi connectivity index (χ1n) is 5.97. The van der Waals surface area contributed by atoms with Gasteiger partial charge in [0.05, 0.1) is 6.34 Å². The zero-order chi connectivity index (χ0) is 14.4. The number of nitrogens with one attached hydrogen (secondary N) is 1. The Kier molecular flexibility index (Phi) is 13.5. The maximum Gasteiger partial charge on any atom is 0.328 e. The minimum atomic E-state index is -0.941. The Morgan fingerprint density at radius 2 is 2.06 bits per heavy atom. The van der Waals surface area contributed by atoms with Gasteiger partial charge >= 0.3 is 5.97 Å². The molecule has 0 aromatic carbocycles. The fourth-order valence-corrected chi connectivity index (χ4v) is 0.990. The van der Waals surface area contributed by atoms with Crippen LogP contribution in [0.5, 0.6) is 0 Å². The van der Waals surface area contributed by atoms with Crippen molar-refractivity contribution in [2.45, 2.75) is 39.7 Å². The van der Waals surface area contributed by atoms with Gasteiger partial charge in [0, 0.05) is 6.20 Å². The lowest BCUT2D eigenvalue weighted by Gasteiger charge is -2.07. The molecule has 0 aliphatic heterocycles. The van der Waals surface area contributed by atoms with Crippen LogP contribution in [0.3, 0.4) is 0 Å². The molecule has 0 bridgehead atoms. The molecular formula is C13H23N3O2. The molecule has 0 heterocycles. The summed E-state index contributed by atoms with van der Waals surface area (Å²) in [5.41, 5.74) is 0. The summed E-state index contributed by atoms with van der Waals surface area (Å²) in [5, 5.41) is 11.6. The SMILES string of the molecule is C=CN=CNC(C=C)=NC(CCC)C(=O)O.CC. The quantitative estimate of drug-likeness (QED) is 0.541. The second-order valence-corrected chi connectivity index (χ2v) is 2.97. The van der Waals surface area contributed by atoms with Crippen LogP contribution < -0.4 is 5.32 Å². The van der Waals surface area contributed by atoms with Crippen LogP contribution in [0.4, 0.5) is 0 Å². The molecule has 0 saturated carbocycles. The summed E-state index contributed by atoms with van der Waals surface area (Å²) in [6, 6.07) is -0.748. The highest BCUT2D eigenvalue weighted by molar-refractivity contribution is 6.00. The van der Waals surface area contributed by atoms with Crippen molar-refractivity contribution >= 4 is 18.1 Å². The molecule has 0 aliphatic carbocycles. The van der Waals surface area contributed by atoms with E-state index in [9.17, 15) is 4.79 Å². The van der Waals surface area contributed by atoms with Gasteiger partial charge in [0.25, 0.3) is 0 Å². The summed E-state index contributed by atoms with van der Waals surface area (Å²) in [6.45, 7) is 12.9. The second-order valence-electron chi connectivity index (χ2n) is 2.97. The van der Waals surface area contributed by atoms with Crippen LogP contribution >= 0.6 is 0 Å². The van der Waals surface area contributed by atoms with Gasteiger partial charge in [-0.05, 0) is 12.5 Å². The van der Waals surface area contributed by atoms with Gasteiger partial charge in [0.15, 0.2) is 0 Å². The van der Waals surface area contributed by atoms with Crippen LogP contribution in [0.2, 0.25) is 0 Å². The predicted octanol–water partition coefficient (Wildman–Crippen LogP) is 2.61. The van der Waals surface area contributed by atoms with Gasteiger partial charge in [-0.25, -0.2) is 9.79 Å². The van der Waals surface area contributed by atoms with Crippen molar-refractivity contribution in [3.8, 4) is 0 Å². The maximum absolute atomic E-state index is 10.9. The first-order chi connectivity index (χ1) is 8.65. The lowest BCUT2D eigenvalue weighted by atomic mass is 10.2. The van der Waals surface area contributed by atoms with Crippen LogP contribution in [0.15, 0.2) is 35.4 Å². The maximum atomic E-state index is 10.9. The van der Waals surface area contributed by atoms with Crippen molar-refractivity contribution in [2.75, 3.05) is 0 Å². The van der Waals surface area contributed by atoms with Gasteiger partial charge in [0.2, 0.25) is 0 Å². The van der Waals surface area contributed by atoms with Crippen molar-refractivity contribution in [1.82, 2.24) is 5.32 Å². The first kappa shape index (κ1) is 18.5. The zero-order valence-corrected chi connectivity index (χ0v) is 11.4. The molecule has 0 radical (unpaired) electrons. The Labute approximate surface area is 109 Å². The third-order valence-electron chi connectivity index (χ3n) is 1.73. The number of hydrogen-bond acceptors (Lipinski definition) is 3. The first-order valence-corrected chi connectivity index (χ1v) is 5.97. The van der Waals surface area contributed by atoms with Gasteiger partial charge in [0.1, 0.15) is 11.9 Å². The van der Waals surface area contributed by atoms with Gasteiger partial charge in [-0.15, -0.1) is 0 Å². The molecule has 18 heavy (non-hydrogen) atoms. The van der Waals surface area contributed by atoms with E-state index < -0.39 is 12.0 Å². The molecule has 0 spiro atoms. The van der Waals surface area contributed by atoms with E-state index in [1.807, 2.05) is 20.8 Å². The van der Waals surface area contributed by atoms with E-state index in [0.29, 0.717) is 12.3 Å². The standard InChI is InChI=1S/C11H17N3O2.C2H6/c1-4-7-9(11(15)16)14-10(5-2)13-8-12-6-3;1-2/h5-6,8-9H,2-4,7H2,1H3,(H,15,16)(H,12,13,14);1-2H3. The fourth-order valence-electron chi connectivity index (χ4n) is 0.990. The Morgan fingerprint density at radius 1 is 1.44 bits per heavy atom. The molecule has 2 N–H and O–H groups in total. The van der Waals surface area contributed by atoms with Crippen molar-refractivity contribution in [2.24, 2.45) is 9.98 Å². The number of aliphatic carboxylic acids is 1. The number of amidine groups is 1. The lowest BCUT2D eigenvalue weighted by Crippen LogP contribution is -2.25. The van der Waals surface area contributed by atoms with Crippen molar-refractivity contribution in [3.63, 3.8) is 0 Å². The van der Waals surface area contributed by atoms with E-state index in [2.05, 4.69) is 28.5 Å². The lowest BCUT2D eigenvalue weighted by molar-refractivity contribution is -0.138. The van der Waals surface area contributed by atoms with E-state index in [0.717, 1.165) is 6.42 Å². The Morgan fingerprint density at radius 3 is 2.44 bits per heavy atom. The fraction of sp³-hybridized carbons (Fsp3) is 0.462. The number of aliphatic imine (C=N–C) groups is 2. The molecule has 0 amide bonds. The number of nitrogens with zero attached hydrogens (tertiary/aromatic N) is 2. The molecule has 0 aliphatic rings. The molecular weight excluding hydrogens is 230 g/mol. The monoisotopic (exact) mass is 253 g/mol. The third kappa shape index (κ3) is 9.33. The number of hydrogen-bond donors (Lipinski definition) is 2. The van der Waals surface area contributed by atoms with Crippen molar-refractivity contribution in [3.05, 3.63) is 25.4 Å². The van der Waals surface area contributed by atoms with Crippen LogP contribution in [0.25, 0.3) is 0 Å². The summed E-state index contributed by atoms with van der Waals surface area (Å²) >= 11 is 0. The molecule has 0 aromatic rings. The topological polar surface area (TPSA) is 74.0 Å². The van der Waals surface area contributed by atoms with Gasteiger partial charge in [-0.3, -0.25) is 4.99 Å². The molecule has 0 aromatic heterocycles. The number of carboxylic acids is 1. The molecule has 0 saturated heterocycles. The second kappa shape index (κ2) is 13.2. The number of carboxylic acid groups (broad SMARTS) is 1. The average molecular weight is 253 g/mol. The van der Waals surface area contributed by atoms with Gasteiger partial charge in [-0.1, -0.05) is 40.3 Å². The largest absolute Gasteiger partial charge is 0.480 e. The highest BCUT2D eigenvalue weighted by Crippen LogP contribution is 2.02. The molecule has 102 valence electrons. The van der Waals surface area contributed by atoms with Gasteiger partial charge in [-0.2, -0.15) is 0 Å². The Balaban J connectivity index is 0. The summed E-state index contributed by atoms with van der Waals surface area (Å²) in [6.07, 6.45) is 5.42. The molecule has 0 fully saturated rings. The Bertz CT molecular complexity index is 309. The number of carbonyl (C=O) groups is 1. The van der Waals surface area contributed by atoms with Crippen LogP contribution in [0, 0.1) is 0 Å². The van der Waals surface area contributed by atoms with Crippen LogP contribution in [0.1, 0.15) is 33.6 Å². The summed E-state index contributed by atoms with van der Waals surface area (Å²) in [7, 11) is 0. The zero-order valence-electron chi connectivity index (χ0n) is 11.4. The normalized spacial score (nSPS) is 12.3.